The van der Waals surface area contributed by atoms with Crippen LogP contribution in [-0.2, 0) is 4.79 Å². The third-order valence-corrected chi connectivity index (χ3v) is 3.49. The van der Waals surface area contributed by atoms with Crippen LogP contribution in [0.4, 0.5) is 17.3 Å². The maximum Gasteiger partial charge on any atom is 0.226 e. The molecular weight excluding hydrogens is 358 g/mol. The van der Waals surface area contributed by atoms with Gasteiger partial charge in [0.05, 0.1) is 0 Å². The predicted octanol–water partition coefficient (Wildman–Crippen LogP) is 2.92. The van der Waals surface area contributed by atoms with Gasteiger partial charge in [0.15, 0.2) is 0 Å². The second-order valence-corrected chi connectivity index (χ2v) is 5.45. The Morgan fingerprint density at radius 1 is 1.29 bits per heavy atom. The highest BCUT2D eigenvalue weighted by Gasteiger charge is 2.07. The molecule has 0 aliphatic heterocycles. The molecular formula is C13H13BrClN5O. The smallest absolute Gasteiger partial charge is 0.226 e. The first-order chi connectivity index (χ1) is 10.1. The quantitative estimate of drug-likeness (QED) is 0.752. The van der Waals surface area contributed by atoms with Crippen LogP contribution < -0.4 is 16.4 Å². The van der Waals surface area contributed by atoms with Gasteiger partial charge in [0.1, 0.15) is 23.0 Å². The van der Waals surface area contributed by atoms with Gasteiger partial charge >= 0.3 is 0 Å². The highest BCUT2D eigenvalue weighted by atomic mass is 79.9. The Labute approximate surface area is 135 Å². The number of hydrogen-bond acceptors (Lipinski definition) is 5. The van der Waals surface area contributed by atoms with E-state index in [-0.39, 0.29) is 23.2 Å². The Morgan fingerprint density at radius 3 is 2.71 bits per heavy atom. The molecule has 0 aliphatic carbocycles. The number of nitrogens with zero attached hydrogens (tertiary/aromatic N) is 2. The maximum atomic E-state index is 11.8. The van der Waals surface area contributed by atoms with Gasteiger partial charge in [-0.3, -0.25) is 4.79 Å². The summed E-state index contributed by atoms with van der Waals surface area (Å²) in [6.07, 6.45) is 1.59. The minimum absolute atomic E-state index is 0.108. The number of hydrogen-bond donors (Lipinski definition) is 3. The number of nitrogens with two attached hydrogens (primary N) is 1. The lowest BCUT2D eigenvalue weighted by Gasteiger charge is -2.08. The summed E-state index contributed by atoms with van der Waals surface area (Å²) in [5.41, 5.74) is 6.30. The van der Waals surface area contributed by atoms with Gasteiger partial charge in [-0.25, -0.2) is 9.97 Å². The second kappa shape index (κ2) is 7.24. The summed E-state index contributed by atoms with van der Waals surface area (Å²) in [6, 6.07) is 7.35. The lowest BCUT2D eigenvalue weighted by atomic mass is 10.3. The molecule has 0 fully saturated rings. The summed E-state index contributed by atoms with van der Waals surface area (Å²) in [5.74, 6) is 0.511. The predicted molar refractivity (Wildman–Crippen MR) is 87.3 cm³/mol. The molecule has 0 aliphatic rings. The van der Waals surface area contributed by atoms with E-state index in [4.69, 9.17) is 17.3 Å². The Morgan fingerprint density at radius 2 is 2.00 bits per heavy atom. The van der Waals surface area contributed by atoms with Crippen LogP contribution in [-0.4, -0.2) is 22.4 Å². The van der Waals surface area contributed by atoms with E-state index >= 15 is 0 Å². The summed E-state index contributed by atoms with van der Waals surface area (Å²) in [7, 11) is 0. The van der Waals surface area contributed by atoms with E-state index in [0.29, 0.717) is 12.4 Å². The van der Waals surface area contributed by atoms with Crippen molar-refractivity contribution in [2.24, 2.45) is 0 Å². The van der Waals surface area contributed by atoms with Gasteiger partial charge in [-0.05, 0) is 24.3 Å². The summed E-state index contributed by atoms with van der Waals surface area (Å²) in [5, 5.41) is 5.99. The van der Waals surface area contributed by atoms with E-state index < -0.39 is 0 Å². The van der Waals surface area contributed by atoms with E-state index in [0.717, 1.165) is 10.2 Å². The fourth-order valence-electron chi connectivity index (χ4n) is 1.56. The van der Waals surface area contributed by atoms with E-state index in [1.807, 2.05) is 24.3 Å². The van der Waals surface area contributed by atoms with Crippen molar-refractivity contribution in [3.8, 4) is 0 Å². The van der Waals surface area contributed by atoms with Gasteiger partial charge in [-0.1, -0.05) is 27.5 Å². The van der Waals surface area contributed by atoms with E-state index in [1.54, 1.807) is 0 Å². The molecule has 110 valence electrons. The van der Waals surface area contributed by atoms with E-state index in [1.165, 1.54) is 6.33 Å². The monoisotopic (exact) mass is 369 g/mol. The Balaban J connectivity index is 1.81. The number of benzene rings is 1. The van der Waals surface area contributed by atoms with Crippen LogP contribution in [0.1, 0.15) is 6.42 Å². The number of nitrogen functional groups attached to an aromatic ring is 1. The molecule has 0 bridgehead atoms. The molecule has 21 heavy (non-hydrogen) atoms. The van der Waals surface area contributed by atoms with Crippen molar-refractivity contribution in [3.63, 3.8) is 0 Å². The molecule has 0 saturated heterocycles. The standard InChI is InChI=1S/C13H13BrClN5O/c14-8-1-3-9(4-2-8)20-10(21)5-6-17-13-11(15)12(16)18-7-19-13/h1-4,7H,5-6H2,(H,20,21)(H3,16,17,18,19). The van der Waals surface area contributed by atoms with Crippen LogP contribution in [0.3, 0.4) is 0 Å². The first-order valence-electron chi connectivity index (χ1n) is 6.11. The molecule has 1 heterocycles. The minimum Gasteiger partial charge on any atom is -0.382 e. The molecule has 1 amide bonds. The zero-order valence-electron chi connectivity index (χ0n) is 10.9. The first-order valence-corrected chi connectivity index (χ1v) is 7.28. The van der Waals surface area contributed by atoms with E-state index in [9.17, 15) is 4.79 Å². The molecule has 0 spiro atoms. The number of aromatic nitrogens is 2. The maximum absolute atomic E-state index is 11.8. The average Bonchev–Trinajstić information content (AvgIpc) is 2.46. The SMILES string of the molecule is Nc1ncnc(NCCC(=O)Nc2ccc(Br)cc2)c1Cl. The highest BCUT2D eigenvalue weighted by Crippen LogP contribution is 2.22. The van der Waals surface area contributed by atoms with Crippen molar-refractivity contribution in [3.05, 3.63) is 40.1 Å². The molecule has 0 radical (unpaired) electrons. The number of halogens is 2. The van der Waals surface area contributed by atoms with Gasteiger partial charge in [-0.2, -0.15) is 0 Å². The largest absolute Gasteiger partial charge is 0.382 e. The lowest BCUT2D eigenvalue weighted by Crippen LogP contribution is -2.16. The number of amides is 1. The average molecular weight is 371 g/mol. The van der Waals surface area contributed by atoms with Gasteiger partial charge in [0.25, 0.3) is 0 Å². The summed E-state index contributed by atoms with van der Waals surface area (Å²) < 4.78 is 0.957. The van der Waals surface area contributed by atoms with Crippen LogP contribution in [0.15, 0.2) is 35.1 Å². The van der Waals surface area contributed by atoms with Crippen LogP contribution in [0, 0.1) is 0 Å². The summed E-state index contributed by atoms with van der Waals surface area (Å²) >= 11 is 9.27. The summed E-state index contributed by atoms with van der Waals surface area (Å²) in [4.78, 5) is 19.5. The van der Waals surface area contributed by atoms with Gasteiger partial charge in [-0.15, -0.1) is 0 Å². The molecule has 6 nitrogen and oxygen atoms in total. The zero-order valence-corrected chi connectivity index (χ0v) is 13.3. The number of carbonyl (C=O) groups is 1. The van der Waals surface area contributed by atoms with Gasteiger partial charge in [0.2, 0.25) is 5.91 Å². The fraction of sp³-hybridized carbons (Fsp3) is 0.154. The van der Waals surface area contributed by atoms with Crippen molar-refractivity contribution in [2.75, 3.05) is 22.9 Å². The fourth-order valence-corrected chi connectivity index (χ4v) is 1.99. The molecule has 0 unspecified atom stereocenters. The first kappa shape index (κ1) is 15.5. The van der Waals surface area contributed by atoms with Gasteiger partial charge < -0.3 is 16.4 Å². The molecule has 1 aromatic heterocycles. The minimum atomic E-state index is -0.108. The highest BCUT2D eigenvalue weighted by molar-refractivity contribution is 9.10. The van der Waals surface area contributed by atoms with Gasteiger partial charge in [0, 0.05) is 23.1 Å². The van der Waals surface area contributed by atoms with Crippen LogP contribution >= 0.6 is 27.5 Å². The molecule has 2 rings (SSSR count). The van der Waals surface area contributed by atoms with Crippen molar-refractivity contribution in [1.82, 2.24) is 9.97 Å². The summed E-state index contributed by atoms with van der Waals surface area (Å²) in [6.45, 7) is 0.387. The number of nitrogens with one attached hydrogen (secondary N) is 2. The molecule has 8 heteroatoms. The third-order valence-electron chi connectivity index (χ3n) is 2.59. The number of anilines is 3. The van der Waals surface area contributed by atoms with E-state index in [2.05, 4.69) is 36.5 Å². The lowest BCUT2D eigenvalue weighted by molar-refractivity contribution is -0.115. The molecule has 0 saturated carbocycles. The molecule has 1 aromatic carbocycles. The van der Waals surface area contributed by atoms with Crippen molar-refractivity contribution >= 4 is 50.8 Å². The second-order valence-electron chi connectivity index (χ2n) is 4.15. The van der Waals surface area contributed by atoms with Crippen molar-refractivity contribution in [1.29, 1.82) is 0 Å². The Bertz CT molecular complexity index is 635. The molecule has 0 atom stereocenters. The molecule has 4 N–H and O–H groups in total. The Hall–Kier alpha value is -1.86. The molecule has 2 aromatic rings. The van der Waals surface area contributed by atoms with Crippen LogP contribution in [0.2, 0.25) is 5.02 Å². The Kier molecular flexibility index (Phi) is 5.35. The van der Waals surface area contributed by atoms with Crippen molar-refractivity contribution < 1.29 is 4.79 Å². The van der Waals surface area contributed by atoms with Crippen molar-refractivity contribution in [2.45, 2.75) is 6.42 Å². The number of carbonyl (C=O) groups excluding carboxylic acids is 1. The third kappa shape index (κ3) is 4.57. The normalized spacial score (nSPS) is 10.2. The van der Waals surface area contributed by atoms with Crippen LogP contribution in [0.5, 0.6) is 0 Å². The topological polar surface area (TPSA) is 92.9 Å². The number of rotatable bonds is 5. The van der Waals surface area contributed by atoms with Crippen LogP contribution in [0.25, 0.3) is 0 Å². The zero-order chi connectivity index (χ0) is 15.2.